The van der Waals surface area contributed by atoms with Gasteiger partial charge in [0, 0.05) is 74.2 Å². The number of fused-ring (bicyclic) bond motifs is 14. The normalized spacial score (nSPS) is 30.1. The van der Waals surface area contributed by atoms with Crippen molar-refractivity contribution in [1.29, 1.82) is 0 Å². The summed E-state index contributed by atoms with van der Waals surface area (Å²) in [4.78, 5) is 40.5. The molecule has 15 heteroatoms. The molecule has 3 aliphatic heterocycles. The molecule has 6 N–H and O–H groups in total. The van der Waals surface area contributed by atoms with Crippen molar-refractivity contribution in [2.45, 2.75) is 112 Å². The number of carbonyl (C=O) groups is 3. The summed E-state index contributed by atoms with van der Waals surface area (Å²) in [6, 6.07) is 0. The van der Waals surface area contributed by atoms with E-state index in [1.807, 2.05) is 13.8 Å². The molecule has 1 amide bonds. The number of methoxy groups -OCH3 is 1. The maximum atomic E-state index is 14.4. The maximum absolute atomic E-state index is 14.4. The number of phenolic OH excluding ortho intramolecular Hbond substituents is 3. The third kappa shape index (κ3) is 9.53. The largest absolute Gasteiger partial charge is 0.507 e. The lowest BCUT2D eigenvalue weighted by molar-refractivity contribution is -0.160. The van der Waals surface area contributed by atoms with Gasteiger partial charge in [-0.25, -0.2) is 0 Å². The molecule has 5 rings (SSSR count). The van der Waals surface area contributed by atoms with E-state index < -0.39 is 88.8 Å². The van der Waals surface area contributed by atoms with Crippen LogP contribution in [0.1, 0.15) is 96.6 Å². The fraction of sp³-hybridized carbons (Fsp3) is 0.545. The van der Waals surface area contributed by atoms with Crippen molar-refractivity contribution in [1.82, 2.24) is 5.01 Å². The van der Waals surface area contributed by atoms with Crippen molar-refractivity contribution >= 4 is 40.3 Å². The predicted octanol–water partition coefficient (Wildman–Crippen LogP) is 6.21. The number of aliphatic hydroxyl groups is 2. The van der Waals surface area contributed by atoms with Crippen LogP contribution in [0.15, 0.2) is 41.2 Å². The van der Waals surface area contributed by atoms with Crippen LogP contribution in [0.4, 0.5) is 5.69 Å². The lowest BCUT2D eigenvalue weighted by atomic mass is 9.78. The van der Waals surface area contributed by atoms with Gasteiger partial charge in [0.05, 0.1) is 53.0 Å². The number of nitrogens with zero attached hydrogens (tertiary/aromatic N) is 2. The van der Waals surface area contributed by atoms with Crippen molar-refractivity contribution in [3.63, 3.8) is 0 Å². The molecule has 0 aromatic heterocycles. The first-order valence-corrected chi connectivity index (χ1v) is 20.1. The predicted molar refractivity (Wildman–Crippen MR) is 224 cm³/mol. The quantitative estimate of drug-likeness (QED) is 0.0575. The van der Waals surface area contributed by atoms with Gasteiger partial charge < -0.3 is 49.8 Å². The summed E-state index contributed by atoms with van der Waals surface area (Å²) >= 11 is 0. The van der Waals surface area contributed by atoms with Crippen LogP contribution in [-0.2, 0) is 23.8 Å². The monoisotopic (exact) mass is 823 g/mol. The highest BCUT2D eigenvalue weighted by molar-refractivity contribution is 6.23. The molecule has 9 atom stereocenters. The van der Waals surface area contributed by atoms with Crippen LogP contribution in [0, 0.1) is 30.6 Å². The second-order valence-electron chi connectivity index (χ2n) is 15.8. The summed E-state index contributed by atoms with van der Waals surface area (Å²) in [7, 11) is 1.44. The van der Waals surface area contributed by atoms with Crippen molar-refractivity contribution in [3.8, 4) is 23.0 Å². The molecule has 15 nitrogen and oxygen atoms in total. The number of aromatic hydroxyl groups is 3. The number of esters is 1. The minimum Gasteiger partial charge on any atom is -0.507 e. The smallest absolute Gasteiger partial charge is 0.312 e. The lowest BCUT2D eigenvalue weighted by Gasteiger charge is -2.38. The molecule has 0 radical (unpaired) electrons. The number of rotatable bonds is 8. The highest BCUT2D eigenvalue weighted by atomic mass is 16.7. The van der Waals surface area contributed by atoms with Crippen LogP contribution >= 0.6 is 0 Å². The number of ether oxygens (including phenoxy) is 4. The number of aliphatic hydroxyl groups excluding tert-OH is 2. The molecule has 3 aliphatic rings. The average molecular weight is 824 g/mol. The SMILES string of the molecule is CCCN(CCC)/N=C/c1c2c(O)c3c(O)c(C)c4c(c3c1O)C(=O)[C@@](C)(O/C=C/[C@H](OC)[C@@H](C)[C@@H](OC(C)=O)[C@H](C)[C@H](O)[C@H](C)[C@@H](O)[C@@H](C)/C=C/C=C(/C)C(=O)N2)O4. The van der Waals surface area contributed by atoms with Gasteiger partial charge in [-0.15, -0.1) is 0 Å². The van der Waals surface area contributed by atoms with E-state index in [1.54, 1.807) is 44.9 Å². The zero-order valence-electron chi connectivity index (χ0n) is 35.9. The minimum atomic E-state index is -2.04. The van der Waals surface area contributed by atoms with E-state index in [1.165, 1.54) is 59.4 Å². The van der Waals surface area contributed by atoms with Gasteiger partial charge in [0.15, 0.2) is 5.75 Å². The second-order valence-corrected chi connectivity index (χ2v) is 15.8. The molecule has 0 saturated heterocycles. The molecule has 3 heterocycles. The second kappa shape index (κ2) is 19.3. The van der Waals surface area contributed by atoms with E-state index in [4.69, 9.17) is 18.9 Å². The van der Waals surface area contributed by atoms with Crippen LogP contribution < -0.4 is 10.1 Å². The van der Waals surface area contributed by atoms with Gasteiger partial charge in [0.1, 0.15) is 23.4 Å². The molecule has 0 fully saturated rings. The summed E-state index contributed by atoms with van der Waals surface area (Å²) in [6.45, 7) is 17.6. The molecule has 59 heavy (non-hydrogen) atoms. The molecule has 0 spiro atoms. The average Bonchev–Trinajstić information content (AvgIpc) is 3.46. The molecule has 0 aliphatic carbocycles. The van der Waals surface area contributed by atoms with Crippen LogP contribution in [-0.4, -0.2) is 105 Å². The van der Waals surface area contributed by atoms with Crippen LogP contribution in [0.25, 0.3) is 10.8 Å². The van der Waals surface area contributed by atoms with E-state index >= 15 is 0 Å². The van der Waals surface area contributed by atoms with Crippen LogP contribution in [0.3, 0.4) is 0 Å². The topological polar surface area (TPSA) is 217 Å². The number of carbonyl (C=O) groups excluding carboxylic acids is 3. The first-order valence-electron chi connectivity index (χ1n) is 20.1. The van der Waals surface area contributed by atoms with E-state index in [-0.39, 0.29) is 44.5 Å². The summed E-state index contributed by atoms with van der Waals surface area (Å²) in [5.74, 6) is -8.35. The molecular formula is C44H61N3O12. The van der Waals surface area contributed by atoms with Crippen molar-refractivity contribution < 1.29 is 58.9 Å². The van der Waals surface area contributed by atoms with Crippen LogP contribution in [0.5, 0.6) is 23.0 Å². The van der Waals surface area contributed by atoms with Gasteiger partial charge >= 0.3 is 11.8 Å². The van der Waals surface area contributed by atoms with Gasteiger partial charge in [0.25, 0.3) is 11.7 Å². The van der Waals surface area contributed by atoms with Gasteiger partial charge in [-0.2, -0.15) is 5.10 Å². The number of amides is 1. The number of hydrogen-bond acceptors (Lipinski definition) is 14. The summed E-state index contributed by atoms with van der Waals surface area (Å²) in [6.07, 6.45) is 6.38. The van der Waals surface area contributed by atoms with Gasteiger partial charge in [0.2, 0.25) is 0 Å². The Hall–Kier alpha value is -5.12. The summed E-state index contributed by atoms with van der Waals surface area (Å²) in [5, 5.41) is 66.9. The number of anilines is 1. The zero-order chi connectivity index (χ0) is 44.1. The zero-order valence-corrected chi connectivity index (χ0v) is 35.9. The number of hydrazone groups is 1. The van der Waals surface area contributed by atoms with Crippen molar-refractivity contribution in [3.05, 3.63) is 52.8 Å². The van der Waals surface area contributed by atoms with Gasteiger partial charge in [-0.05, 0) is 32.8 Å². The molecule has 0 unspecified atom stereocenters. The number of Topliss-reactive ketones (excluding diaryl/α,β-unsaturated/α-hetero) is 1. The highest BCUT2D eigenvalue weighted by Crippen LogP contribution is 2.55. The fourth-order valence-corrected chi connectivity index (χ4v) is 7.76. The Labute approximate surface area is 346 Å². The van der Waals surface area contributed by atoms with Gasteiger partial charge in [-0.3, -0.25) is 19.4 Å². The van der Waals surface area contributed by atoms with Crippen molar-refractivity contribution in [2.24, 2.45) is 28.8 Å². The molecule has 2 aromatic rings. The Bertz CT molecular complexity index is 2020. The Morgan fingerprint density at radius 3 is 2.19 bits per heavy atom. The third-order valence-electron chi connectivity index (χ3n) is 11.3. The standard InChI is InChI=1S/C44H61N3O12/c1-12-18-47(19-13-2)45-21-29-34-39(53)32-31(38(29)52)33-41(27(8)37(32)51)59-44(10,42(33)54)57-20-17-30(56-11)24(5)40(58-28(9)48)26(7)36(50)25(6)35(49)22(3)15-14-16-23(4)43(55)46-34/h14-17,20-22,24-26,30,35-36,40,49-53H,12-13,18-19H2,1-11H3,(H,46,55)/b15-14+,20-17+,23-16-,45-21+/t22-,24+,25+,26+,30-,35-,36+,40+,44-/m0/s1. The lowest BCUT2D eigenvalue weighted by Crippen LogP contribution is -2.46. The Kier molecular flexibility index (Phi) is 15.2. The number of ketones is 1. The third-order valence-corrected chi connectivity index (χ3v) is 11.3. The Balaban J connectivity index is 2.00. The number of phenols is 3. The highest BCUT2D eigenvalue weighted by Gasteiger charge is 2.50. The molecule has 0 saturated carbocycles. The first kappa shape index (κ1) is 46.6. The van der Waals surface area contributed by atoms with E-state index in [0.717, 1.165) is 12.8 Å². The number of nitrogens with one attached hydrogen (secondary N) is 1. The number of benzene rings is 2. The maximum Gasteiger partial charge on any atom is 0.312 e. The van der Waals surface area contributed by atoms with E-state index in [9.17, 15) is 39.9 Å². The fourth-order valence-electron chi connectivity index (χ4n) is 7.76. The Morgan fingerprint density at radius 1 is 0.949 bits per heavy atom. The summed E-state index contributed by atoms with van der Waals surface area (Å²) < 4.78 is 23.6. The molecule has 324 valence electrons. The first-order chi connectivity index (χ1) is 27.8. The van der Waals surface area contributed by atoms with E-state index in [0.29, 0.717) is 13.1 Å². The Morgan fingerprint density at radius 2 is 1.59 bits per heavy atom. The number of allylic oxidation sites excluding steroid dienone is 2. The molecule has 2 aromatic carbocycles. The van der Waals surface area contributed by atoms with Gasteiger partial charge in [-0.1, -0.05) is 59.8 Å². The molecular weight excluding hydrogens is 762 g/mol. The summed E-state index contributed by atoms with van der Waals surface area (Å²) in [5.41, 5.74) is -0.354. The minimum absolute atomic E-state index is 0.0556. The molecule has 5 bridgehead atoms. The van der Waals surface area contributed by atoms with E-state index in [2.05, 4.69) is 10.4 Å². The number of hydrogen-bond donors (Lipinski definition) is 6. The van der Waals surface area contributed by atoms with Crippen LogP contribution in [0.2, 0.25) is 0 Å². The van der Waals surface area contributed by atoms with Crippen molar-refractivity contribution in [2.75, 3.05) is 25.5 Å².